The fourth-order valence-corrected chi connectivity index (χ4v) is 3.38. The number of benzene rings is 1. The van der Waals surface area contributed by atoms with Crippen molar-refractivity contribution in [1.29, 1.82) is 0 Å². The molecule has 0 radical (unpaired) electrons. The second kappa shape index (κ2) is 7.22. The summed E-state index contributed by atoms with van der Waals surface area (Å²) in [5.41, 5.74) is 1.15. The summed E-state index contributed by atoms with van der Waals surface area (Å²) in [5, 5.41) is 15.1. The quantitative estimate of drug-likeness (QED) is 0.831. The normalized spacial score (nSPS) is 12.8. The Bertz CT molecular complexity index is 543. The van der Waals surface area contributed by atoms with Crippen LogP contribution in [0, 0.1) is 0 Å². The van der Waals surface area contributed by atoms with Crippen LogP contribution in [0.25, 0.3) is 0 Å². The van der Waals surface area contributed by atoms with Crippen LogP contribution in [0.1, 0.15) is 16.5 Å². The van der Waals surface area contributed by atoms with Gasteiger partial charge in [-0.3, -0.25) is 0 Å². The van der Waals surface area contributed by atoms with E-state index in [4.69, 9.17) is 0 Å². The molecule has 0 saturated heterocycles. The number of rotatable bonds is 6. The van der Waals surface area contributed by atoms with Crippen LogP contribution in [0.5, 0.6) is 5.75 Å². The molecule has 0 fully saturated rings. The predicted molar refractivity (Wildman–Crippen MR) is 88.3 cm³/mol. The smallest absolute Gasteiger partial charge is 0.129 e. The summed E-state index contributed by atoms with van der Waals surface area (Å²) in [6, 6.07) is 10.2. The molecule has 108 valence electrons. The highest BCUT2D eigenvalue weighted by molar-refractivity contribution is 9.10. The van der Waals surface area contributed by atoms with Crippen molar-refractivity contribution < 1.29 is 5.11 Å². The molecular formula is C15H19BrN2OS. The first kappa shape index (κ1) is 15.5. The minimum Gasteiger partial charge on any atom is -0.507 e. The summed E-state index contributed by atoms with van der Waals surface area (Å²) in [4.78, 5) is 3.60. The summed E-state index contributed by atoms with van der Waals surface area (Å²) in [7, 11) is 4.20. The number of hydrogen-bond donors (Lipinski definition) is 2. The SMILES string of the molecule is CN(C)C(CNCc1ccc(O)c(Br)c1)c1cccs1. The molecule has 0 aliphatic heterocycles. The number of hydrogen-bond acceptors (Lipinski definition) is 4. The van der Waals surface area contributed by atoms with E-state index in [0.717, 1.165) is 23.1 Å². The lowest BCUT2D eigenvalue weighted by atomic mass is 10.2. The third-order valence-corrected chi connectivity index (χ3v) is 4.78. The topological polar surface area (TPSA) is 35.5 Å². The van der Waals surface area contributed by atoms with Gasteiger partial charge in [0, 0.05) is 18.0 Å². The average molecular weight is 355 g/mol. The first-order valence-electron chi connectivity index (χ1n) is 6.46. The van der Waals surface area contributed by atoms with Crippen molar-refractivity contribution in [3.8, 4) is 5.75 Å². The standard InChI is InChI=1S/C15H19BrN2OS/c1-18(2)13(15-4-3-7-20-15)10-17-9-11-5-6-14(19)12(16)8-11/h3-8,13,17,19H,9-10H2,1-2H3. The molecule has 2 aromatic rings. The van der Waals surface area contributed by atoms with Crippen LogP contribution >= 0.6 is 27.3 Å². The molecule has 3 nitrogen and oxygen atoms in total. The van der Waals surface area contributed by atoms with E-state index in [9.17, 15) is 5.11 Å². The number of aromatic hydroxyl groups is 1. The maximum Gasteiger partial charge on any atom is 0.129 e. The van der Waals surface area contributed by atoms with Gasteiger partial charge in [0.15, 0.2) is 0 Å². The Morgan fingerprint density at radius 3 is 2.75 bits per heavy atom. The van der Waals surface area contributed by atoms with Gasteiger partial charge in [-0.2, -0.15) is 0 Å². The van der Waals surface area contributed by atoms with Crippen LogP contribution in [0.4, 0.5) is 0 Å². The van der Waals surface area contributed by atoms with Gasteiger partial charge in [0.25, 0.3) is 0 Å². The van der Waals surface area contributed by atoms with Gasteiger partial charge in [0.05, 0.1) is 10.5 Å². The van der Waals surface area contributed by atoms with Gasteiger partial charge in [-0.25, -0.2) is 0 Å². The van der Waals surface area contributed by atoms with Crippen molar-refractivity contribution in [2.75, 3.05) is 20.6 Å². The van der Waals surface area contributed by atoms with E-state index in [2.05, 4.69) is 57.8 Å². The molecule has 0 bridgehead atoms. The van der Waals surface area contributed by atoms with Crippen molar-refractivity contribution in [2.24, 2.45) is 0 Å². The number of nitrogens with one attached hydrogen (secondary N) is 1. The predicted octanol–water partition coefficient (Wildman–Crippen LogP) is 3.61. The van der Waals surface area contributed by atoms with Crippen LogP contribution in [0.3, 0.4) is 0 Å². The third-order valence-electron chi connectivity index (χ3n) is 3.17. The Morgan fingerprint density at radius 1 is 1.35 bits per heavy atom. The number of phenols is 1. The highest BCUT2D eigenvalue weighted by Gasteiger charge is 2.14. The highest BCUT2D eigenvalue weighted by Crippen LogP contribution is 2.25. The molecule has 0 amide bonds. The zero-order valence-corrected chi connectivity index (χ0v) is 14.0. The number of likely N-dealkylation sites (N-methyl/N-ethyl adjacent to an activating group) is 1. The first-order valence-corrected chi connectivity index (χ1v) is 8.13. The number of thiophene rings is 1. The molecule has 1 unspecified atom stereocenters. The van der Waals surface area contributed by atoms with Gasteiger partial charge in [-0.1, -0.05) is 12.1 Å². The average Bonchev–Trinajstić information content (AvgIpc) is 2.92. The Balaban J connectivity index is 1.92. The van der Waals surface area contributed by atoms with E-state index in [1.807, 2.05) is 12.1 Å². The molecule has 5 heteroatoms. The van der Waals surface area contributed by atoms with Crippen molar-refractivity contribution in [3.05, 3.63) is 50.6 Å². The number of nitrogens with zero attached hydrogens (tertiary/aromatic N) is 1. The Kier molecular flexibility index (Phi) is 5.60. The molecule has 0 spiro atoms. The summed E-state index contributed by atoms with van der Waals surface area (Å²) < 4.78 is 0.735. The molecule has 0 aliphatic carbocycles. The van der Waals surface area contributed by atoms with E-state index in [0.29, 0.717) is 6.04 Å². The zero-order valence-electron chi connectivity index (χ0n) is 11.6. The molecule has 1 aromatic carbocycles. The second-order valence-corrected chi connectivity index (χ2v) is 6.75. The van der Waals surface area contributed by atoms with E-state index in [1.54, 1.807) is 17.4 Å². The van der Waals surface area contributed by atoms with Gasteiger partial charge in [0.1, 0.15) is 5.75 Å². The van der Waals surface area contributed by atoms with E-state index in [1.165, 1.54) is 4.88 Å². The van der Waals surface area contributed by atoms with Crippen molar-refractivity contribution >= 4 is 27.3 Å². The Labute approximate surface area is 132 Å². The van der Waals surface area contributed by atoms with Crippen molar-refractivity contribution in [2.45, 2.75) is 12.6 Å². The van der Waals surface area contributed by atoms with E-state index >= 15 is 0 Å². The van der Waals surface area contributed by atoms with Crippen LogP contribution in [0.15, 0.2) is 40.2 Å². The summed E-state index contributed by atoms with van der Waals surface area (Å²) in [6.45, 7) is 1.68. The fraction of sp³-hybridized carbons (Fsp3) is 0.333. The lowest BCUT2D eigenvalue weighted by Crippen LogP contribution is -2.30. The summed E-state index contributed by atoms with van der Waals surface area (Å²) in [5.74, 6) is 0.276. The minimum absolute atomic E-state index is 0.276. The van der Waals surface area contributed by atoms with Crippen molar-refractivity contribution in [3.63, 3.8) is 0 Å². The summed E-state index contributed by atoms with van der Waals surface area (Å²) >= 11 is 5.13. The molecule has 2 N–H and O–H groups in total. The van der Waals surface area contributed by atoms with Crippen LogP contribution in [-0.4, -0.2) is 30.6 Å². The molecule has 1 atom stereocenters. The number of halogens is 1. The maximum absolute atomic E-state index is 9.48. The minimum atomic E-state index is 0.276. The Hall–Kier alpha value is -0.880. The van der Waals surface area contributed by atoms with E-state index in [-0.39, 0.29) is 5.75 Å². The fourth-order valence-electron chi connectivity index (χ4n) is 2.03. The molecule has 1 aromatic heterocycles. The highest BCUT2D eigenvalue weighted by atomic mass is 79.9. The lowest BCUT2D eigenvalue weighted by Gasteiger charge is -2.23. The first-order chi connectivity index (χ1) is 9.58. The molecule has 1 heterocycles. The number of phenolic OH excluding ortho intramolecular Hbond substituents is 1. The largest absolute Gasteiger partial charge is 0.507 e. The van der Waals surface area contributed by atoms with Gasteiger partial charge in [-0.05, 0) is 59.2 Å². The van der Waals surface area contributed by atoms with E-state index < -0.39 is 0 Å². The molecule has 20 heavy (non-hydrogen) atoms. The van der Waals surface area contributed by atoms with Gasteiger partial charge in [0.2, 0.25) is 0 Å². The molecular weight excluding hydrogens is 336 g/mol. The molecule has 0 aliphatic rings. The zero-order chi connectivity index (χ0) is 14.5. The van der Waals surface area contributed by atoms with Crippen LogP contribution in [0.2, 0.25) is 0 Å². The van der Waals surface area contributed by atoms with Gasteiger partial charge >= 0.3 is 0 Å². The van der Waals surface area contributed by atoms with Gasteiger partial charge in [-0.15, -0.1) is 11.3 Å². The summed E-state index contributed by atoms with van der Waals surface area (Å²) in [6.07, 6.45) is 0. The lowest BCUT2D eigenvalue weighted by molar-refractivity contribution is 0.292. The molecule has 0 saturated carbocycles. The monoisotopic (exact) mass is 354 g/mol. The maximum atomic E-state index is 9.48. The van der Waals surface area contributed by atoms with Gasteiger partial charge < -0.3 is 15.3 Å². The van der Waals surface area contributed by atoms with Crippen molar-refractivity contribution in [1.82, 2.24) is 10.2 Å². The third kappa shape index (κ3) is 4.06. The van der Waals surface area contributed by atoms with Crippen LogP contribution < -0.4 is 5.32 Å². The Morgan fingerprint density at radius 2 is 2.15 bits per heavy atom. The molecule has 2 rings (SSSR count). The van der Waals surface area contributed by atoms with Crippen LogP contribution in [-0.2, 0) is 6.54 Å². The second-order valence-electron chi connectivity index (χ2n) is 4.91.